The van der Waals surface area contributed by atoms with Gasteiger partial charge in [-0.1, -0.05) is 6.07 Å². The molecule has 20 heavy (non-hydrogen) atoms. The van der Waals surface area contributed by atoms with Gasteiger partial charge in [0.15, 0.2) is 0 Å². The summed E-state index contributed by atoms with van der Waals surface area (Å²) in [7, 11) is -3.75. The molecule has 0 bridgehead atoms. The zero-order valence-corrected chi connectivity index (χ0v) is 12.0. The van der Waals surface area contributed by atoms with Crippen LogP contribution in [0, 0.1) is 19.7 Å². The molecular weight excluding hydrogens is 279 g/mol. The molecule has 0 saturated carbocycles. The van der Waals surface area contributed by atoms with Crippen LogP contribution in [-0.2, 0) is 10.0 Å². The second-order valence-corrected chi connectivity index (χ2v) is 6.19. The normalized spacial score (nSPS) is 11.3. The molecule has 0 atom stereocenters. The lowest BCUT2D eigenvalue weighted by atomic mass is 10.2. The maximum Gasteiger partial charge on any atom is 0.262 e. The molecule has 0 heterocycles. The third-order valence-corrected chi connectivity index (χ3v) is 4.55. The number of sulfonamides is 1. The van der Waals surface area contributed by atoms with Gasteiger partial charge in [-0.15, -0.1) is 0 Å². The largest absolute Gasteiger partial charge is 0.398 e. The first-order chi connectivity index (χ1) is 9.31. The minimum absolute atomic E-state index is 0.111. The van der Waals surface area contributed by atoms with Crippen LogP contribution in [0.3, 0.4) is 0 Å². The first-order valence-electron chi connectivity index (χ1n) is 5.95. The fraction of sp³-hybridized carbons (Fsp3) is 0.143. The molecule has 6 heteroatoms. The molecule has 0 radical (unpaired) electrons. The number of anilines is 2. The number of hydrogen-bond acceptors (Lipinski definition) is 3. The number of nitrogen functional groups attached to an aromatic ring is 1. The van der Waals surface area contributed by atoms with Gasteiger partial charge in [0.1, 0.15) is 5.82 Å². The van der Waals surface area contributed by atoms with Crippen molar-refractivity contribution in [1.82, 2.24) is 0 Å². The standard InChI is InChI=1S/C14H15FN2O2S/c1-9-8-11(6-7-12(9)15)17-20(18,19)14-5-3-4-13(16)10(14)2/h3-8,17H,16H2,1-2H3. The maximum absolute atomic E-state index is 13.2. The van der Waals surface area contributed by atoms with Crippen molar-refractivity contribution in [3.63, 3.8) is 0 Å². The Labute approximate surface area is 117 Å². The van der Waals surface area contributed by atoms with Gasteiger partial charge in [-0.3, -0.25) is 4.72 Å². The van der Waals surface area contributed by atoms with E-state index >= 15 is 0 Å². The Kier molecular flexibility index (Phi) is 3.67. The van der Waals surface area contributed by atoms with Crippen molar-refractivity contribution in [2.45, 2.75) is 18.7 Å². The average molecular weight is 294 g/mol. The van der Waals surface area contributed by atoms with Gasteiger partial charge in [0, 0.05) is 11.4 Å². The lowest BCUT2D eigenvalue weighted by Crippen LogP contribution is -2.15. The van der Waals surface area contributed by atoms with Crippen LogP contribution >= 0.6 is 0 Å². The van der Waals surface area contributed by atoms with Crippen LogP contribution in [0.4, 0.5) is 15.8 Å². The molecule has 0 spiro atoms. The number of nitrogens with two attached hydrogens (primary N) is 1. The predicted molar refractivity (Wildman–Crippen MR) is 77.5 cm³/mol. The summed E-state index contributed by atoms with van der Waals surface area (Å²) in [4.78, 5) is 0.111. The van der Waals surface area contributed by atoms with Crippen molar-refractivity contribution < 1.29 is 12.8 Å². The SMILES string of the molecule is Cc1cc(NS(=O)(=O)c2cccc(N)c2C)ccc1F. The second-order valence-electron chi connectivity index (χ2n) is 4.54. The van der Waals surface area contributed by atoms with Gasteiger partial charge in [0.25, 0.3) is 10.0 Å². The molecule has 0 aromatic heterocycles. The summed E-state index contributed by atoms with van der Waals surface area (Å²) in [6, 6.07) is 8.73. The van der Waals surface area contributed by atoms with Gasteiger partial charge in [-0.25, -0.2) is 12.8 Å². The fourth-order valence-electron chi connectivity index (χ4n) is 1.84. The Morgan fingerprint density at radius 2 is 1.85 bits per heavy atom. The van der Waals surface area contributed by atoms with Crippen LogP contribution in [0.15, 0.2) is 41.3 Å². The van der Waals surface area contributed by atoms with Crippen LogP contribution in [0.5, 0.6) is 0 Å². The smallest absolute Gasteiger partial charge is 0.262 e. The van der Waals surface area contributed by atoms with Gasteiger partial charge in [-0.2, -0.15) is 0 Å². The quantitative estimate of drug-likeness (QED) is 0.855. The molecule has 0 aliphatic rings. The van der Waals surface area contributed by atoms with Crippen LogP contribution in [0.25, 0.3) is 0 Å². The molecule has 106 valence electrons. The van der Waals surface area contributed by atoms with Crippen molar-refractivity contribution in [3.8, 4) is 0 Å². The molecule has 0 aliphatic carbocycles. The van der Waals surface area contributed by atoms with Crippen molar-refractivity contribution in [1.29, 1.82) is 0 Å². The van der Waals surface area contributed by atoms with Crippen molar-refractivity contribution in [2.24, 2.45) is 0 Å². The monoisotopic (exact) mass is 294 g/mol. The van der Waals surface area contributed by atoms with Crippen molar-refractivity contribution in [2.75, 3.05) is 10.5 Å². The highest BCUT2D eigenvalue weighted by atomic mass is 32.2. The number of hydrogen-bond donors (Lipinski definition) is 2. The van der Waals surface area contributed by atoms with Crippen molar-refractivity contribution >= 4 is 21.4 Å². The lowest BCUT2D eigenvalue weighted by molar-refractivity contribution is 0.600. The Balaban J connectivity index is 2.41. The van der Waals surface area contributed by atoms with Crippen LogP contribution < -0.4 is 10.5 Å². The summed E-state index contributed by atoms with van der Waals surface area (Å²) >= 11 is 0. The summed E-state index contributed by atoms with van der Waals surface area (Å²) < 4.78 is 40.2. The molecule has 4 nitrogen and oxygen atoms in total. The molecule has 0 saturated heterocycles. The Morgan fingerprint density at radius 3 is 2.50 bits per heavy atom. The highest BCUT2D eigenvalue weighted by Gasteiger charge is 2.18. The summed E-state index contributed by atoms with van der Waals surface area (Å²) in [6.45, 7) is 3.21. The highest BCUT2D eigenvalue weighted by molar-refractivity contribution is 7.92. The van der Waals surface area contributed by atoms with Gasteiger partial charge < -0.3 is 5.73 Å². The van der Waals surface area contributed by atoms with E-state index in [1.54, 1.807) is 26.0 Å². The molecule has 2 aromatic carbocycles. The number of rotatable bonds is 3. The van der Waals surface area contributed by atoms with Gasteiger partial charge in [-0.05, 0) is 55.3 Å². The third kappa shape index (κ3) is 2.75. The minimum atomic E-state index is -3.75. The van der Waals surface area contributed by atoms with Crippen LogP contribution in [-0.4, -0.2) is 8.42 Å². The van der Waals surface area contributed by atoms with E-state index in [9.17, 15) is 12.8 Å². The topological polar surface area (TPSA) is 72.2 Å². The van der Waals surface area contributed by atoms with E-state index in [0.29, 0.717) is 22.5 Å². The number of benzene rings is 2. The maximum atomic E-state index is 13.2. The van der Waals surface area contributed by atoms with E-state index in [-0.39, 0.29) is 10.7 Å². The predicted octanol–water partition coefficient (Wildman–Crippen LogP) is 2.83. The third-order valence-electron chi connectivity index (χ3n) is 3.03. The van der Waals surface area contributed by atoms with Gasteiger partial charge >= 0.3 is 0 Å². The average Bonchev–Trinajstić information content (AvgIpc) is 2.36. The second kappa shape index (κ2) is 5.13. The van der Waals surface area contributed by atoms with Gasteiger partial charge in [0.05, 0.1) is 4.90 Å². The Hall–Kier alpha value is -2.08. The molecule has 2 rings (SSSR count). The van der Waals surface area contributed by atoms with E-state index in [1.165, 1.54) is 24.3 Å². The Morgan fingerprint density at radius 1 is 1.15 bits per heavy atom. The minimum Gasteiger partial charge on any atom is -0.398 e. The first-order valence-corrected chi connectivity index (χ1v) is 7.43. The molecule has 0 fully saturated rings. The highest BCUT2D eigenvalue weighted by Crippen LogP contribution is 2.23. The molecule has 3 N–H and O–H groups in total. The van der Waals surface area contributed by atoms with Gasteiger partial charge in [0.2, 0.25) is 0 Å². The molecule has 0 unspecified atom stereocenters. The van der Waals surface area contributed by atoms with E-state index in [1.807, 2.05) is 0 Å². The van der Waals surface area contributed by atoms with Crippen molar-refractivity contribution in [3.05, 3.63) is 53.3 Å². The molecule has 0 aliphatic heterocycles. The number of nitrogens with one attached hydrogen (secondary N) is 1. The molecule has 2 aromatic rings. The summed E-state index contributed by atoms with van der Waals surface area (Å²) in [5.74, 6) is -0.381. The number of aryl methyl sites for hydroxylation is 1. The van der Waals surface area contributed by atoms with E-state index in [4.69, 9.17) is 5.73 Å². The lowest BCUT2D eigenvalue weighted by Gasteiger charge is -2.12. The first kappa shape index (κ1) is 14.3. The van der Waals surface area contributed by atoms with Crippen LogP contribution in [0.2, 0.25) is 0 Å². The zero-order valence-electron chi connectivity index (χ0n) is 11.1. The van der Waals surface area contributed by atoms with E-state index in [0.717, 1.165) is 0 Å². The van der Waals surface area contributed by atoms with E-state index in [2.05, 4.69) is 4.72 Å². The Bertz CT molecular complexity index is 758. The summed E-state index contributed by atoms with van der Waals surface area (Å²) in [5, 5.41) is 0. The zero-order chi connectivity index (χ0) is 14.9. The summed E-state index contributed by atoms with van der Waals surface area (Å²) in [6.07, 6.45) is 0. The molecular formula is C14H15FN2O2S. The fourth-order valence-corrected chi connectivity index (χ4v) is 3.17. The summed E-state index contributed by atoms with van der Waals surface area (Å²) in [5.41, 5.74) is 7.28. The number of halogens is 1. The van der Waals surface area contributed by atoms with E-state index < -0.39 is 10.0 Å². The van der Waals surface area contributed by atoms with Crippen LogP contribution in [0.1, 0.15) is 11.1 Å². The molecule has 0 amide bonds.